The summed E-state index contributed by atoms with van der Waals surface area (Å²) in [6.07, 6.45) is 3.70. The number of allylic oxidation sites excluding steroid dienone is 1. The summed E-state index contributed by atoms with van der Waals surface area (Å²) in [5, 5.41) is 22.4. The molecule has 30 heavy (non-hydrogen) atoms. The van der Waals surface area contributed by atoms with E-state index in [1.807, 2.05) is 30.3 Å². The third-order valence-electron chi connectivity index (χ3n) is 3.83. The van der Waals surface area contributed by atoms with E-state index in [1.165, 1.54) is 34.9 Å². The Hall–Kier alpha value is -2.62. The van der Waals surface area contributed by atoms with Crippen LogP contribution in [0.25, 0.3) is 0 Å². The number of carbonyl (C=O) groups is 1. The van der Waals surface area contributed by atoms with E-state index < -0.39 is 0 Å². The predicted molar refractivity (Wildman–Crippen MR) is 124 cm³/mol. The fraction of sp³-hybridized carbons (Fsp3) is 0.143. The molecule has 9 heteroatoms. The molecule has 0 aliphatic rings. The van der Waals surface area contributed by atoms with Gasteiger partial charge in [0.2, 0.25) is 0 Å². The van der Waals surface area contributed by atoms with E-state index in [-0.39, 0.29) is 17.4 Å². The lowest BCUT2D eigenvalue weighted by atomic mass is 10.1. The van der Waals surface area contributed by atoms with Crippen molar-refractivity contribution in [2.45, 2.75) is 20.9 Å². The Morgan fingerprint density at radius 2 is 1.90 bits per heavy atom. The smallest absolute Gasteiger partial charge is 0.250 e. The fourth-order valence-corrected chi connectivity index (χ4v) is 5.17. The first-order valence-electron chi connectivity index (χ1n) is 9.02. The summed E-state index contributed by atoms with van der Waals surface area (Å²) in [5.74, 6) is 0.888. The molecule has 1 heterocycles. The average molecular weight is 457 g/mol. The van der Waals surface area contributed by atoms with Crippen LogP contribution in [-0.4, -0.2) is 33.2 Å². The second-order valence-corrected chi connectivity index (χ2v) is 9.46. The summed E-state index contributed by atoms with van der Waals surface area (Å²) >= 11 is 4.41. The maximum absolute atomic E-state index is 12.0. The number of hydrazone groups is 1. The molecule has 1 amide bonds. The molecule has 0 radical (unpaired) electrons. The van der Waals surface area contributed by atoms with Crippen LogP contribution in [0.3, 0.4) is 0 Å². The van der Waals surface area contributed by atoms with E-state index in [0.717, 1.165) is 20.0 Å². The quantitative estimate of drug-likeness (QED) is 0.202. The van der Waals surface area contributed by atoms with Gasteiger partial charge in [-0.25, -0.2) is 5.43 Å². The van der Waals surface area contributed by atoms with E-state index in [0.29, 0.717) is 12.0 Å². The van der Waals surface area contributed by atoms with Gasteiger partial charge in [0.15, 0.2) is 8.68 Å². The maximum Gasteiger partial charge on any atom is 0.250 e. The fourth-order valence-electron chi connectivity index (χ4n) is 2.40. The molecular weight excluding hydrogens is 436 g/mol. The molecule has 0 unspecified atom stereocenters. The number of aromatic nitrogens is 2. The second kappa shape index (κ2) is 11.5. The maximum atomic E-state index is 12.0. The van der Waals surface area contributed by atoms with Crippen molar-refractivity contribution >= 4 is 47.0 Å². The van der Waals surface area contributed by atoms with Crippen molar-refractivity contribution in [3.05, 3.63) is 77.9 Å². The van der Waals surface area contributed by atoms with E-state index in [1.54, 1.807) is 23.9 Å². The summed E-state index contributed by atoms with van der Waals surface area (Å²) in [6.45, 7) is 3.67. The Kier molecular flexibility index (Phi) is 8.49. The summed E-state index contributed by atoms with van der Waals surface area (Å²) in [4.78, 5) is 12.0. The zero-order valence-corrected chi connectivity index (χ0v) is 18.5. The summed E-state index contributed by atoms with van der Waals surface area (Å²) < 4.78 is 1.61. The summed E-state index contributed by atoms with van der Waals surface area (Å²) in [7, 11) is 0. The highest BCUT2D eigenvalue weighted by atomic mass is 32.2. The molecule has 3 aromatic rings. The molecule has 154 valence electrons. The molecule has 0 saturated heterocycles. The molecule has 0 atom stereocenters. The van der Waals surface area contributed by atoms with E-state index in [9.17, 15) is 9.90 Å². The highest BCUT2D eigenvalue weighted by molar-refractivity contribution is 8.03. The zero-order valence-electron chi connectivity index (χ0n) is 16.0. The molecule has 0 spiro atoms. The number of aromatic hydroxyl groups is 1. The molecule has 0 aliphatic heterocycles. The number of phenols is 1. The van der Waals surface area contributed by atoms with Crippen molar-refractivity contribution in [1.29, 1.82) is 0 Å². The Bertz CT molecular complexity index is 1020. The van der Waals surface area contributed by atoms with Crippen LogP contribution in [-0.2, 0) is 17.0 Å². The molecule has 0 aliphatic carbocycles. The number of phenolic OH excluding ortho intramolecular Hbond substituents is 1. The number of carbonyl (C=O) groups excluding carboxylic acids is 1. The van der Waals surface area contributed by atoms with Crippen molar-refractivity contribution < 1.29 is 9.90 Å². The topological polar surface area (TPSA) is 87.5 Å². The highest BCUT2D eigenvalue weighted by Gasteiger charge is 2.09. The van der Waals surface area contributed by atoms with Crippen LogP contribution in [0, 0.1) is 0 Å². The Morgan fingerprint density at radius 3 is 2.67 bits per heavy atom. The van der Waals surface area contributed by atoms with Crippen LogP contribution in [0.1, 0.15) is 16.7 Å². The predicted octanol–water partition coefficient (Wildman–Crippen LogP) is 4.51. The highest BCUT2D eigenvalue weighted by Crippen LogP contribution is 2.30. The van der Waals surface area contributed by atoms with Crippen LogP contribution in [0.5, 0.6) is 5.75 Å². The number of amides is 1. The molecule has 2 N–H and O–H groups in total. The molecule has 1 aromatic heterocycles. The number of para-hydroxylation sites is 1. The van der Waals surface area contributed by atoms with Crippen molar-refractivity contribution in [2.75, 3.05) is 5.75 Å². The Balaban J connectivity index is 1.44. The molecule has 0 saturated carbocycles. The van der Waals surface area contributed by atoms with Crippen LogP contribution in [0.15, 0.2) is 75.0 Å². The van der Waals surface area contributed by atoms with Crippen LogP contribution in [0.2, 0.25) is 0 Å². The van der Waals surface area contributed by atoms with Crippen molar-refractivity contribution in [3.8, 4) is 5.75 Å². The molecule has 0 bridgehead atoms. The molecule has 6 nitrogen and oxygen atoms in total. The Morgan fingerprint density at radius 1 is 1.13 bits per heavy atom. The van der Waals surface area contributed by atoms with Crippen molar-refractivity contribution in [3.63, 3.8) is 0 Å². The zero-order chi connectivity index (χ0) is 21.2. The summed E-state index contributed by atoms with van der Waals surface area (Å²) in [5.41, 5.74) is 4.98. The first-order valence-corrected chi connectivity index (χ1v) is 11.8. The number of benzene rings is 2. The third kappa shape index (κ3) is 6.72. The van der Waals surface area contributed by atoms with E-state index >= 15 is 0 Å². The minimum atomic E-state index is -0.258. The average Bonchev–Trinajstić information content (AvgIpc) is 3.22. The SMILES string of the molecule is C=CCc1cccc(C=NNC(=O)CSc2nnc(SCc3ccccc3)s2)c1O. The van der Waals surface area contributed by atoms with Crippen molar-refractivity contribution in [1.82, 2.24) is 15.6 Å². The van der Waals surface area contributed by atoms with Gasteiger partial charge in [-0.2, -0.15) is 5.10 Å². The van der Waals surface area contributed by atoms with Gasteiger partial charge in [-0.15, -0.1) is 16.8 Å². The van der Waals surface area contributed by atoms with Gasteiger partial charge in [-0.1, -0.05) is 83.4 Å². The van der Waals surface area contributed by atoms with Gasteiger partial charge in [0.25, 0.3) is 5.91 Å². The van der Waals surface area contributed by atoms with E-state index in [2.05, 4.69) is 39.4 Å². The van der Waals surface area contributed by atoms with Gasteiger partial charge in [0.05, 0.1) is 12.0 Å². The van der Waals surface area contributed by atoms with Gasteiger partial charge in [-0.3, -0.25) is 4.79 Å². The number of thioether (sulfide) groups is 2. The minimum absolute atomic E-state index is 0.138. The van der Waals surface area contributed by atoms with Crippen LogP contribution in [0.4, 0.5) is 0 Å². The second-order valence-electron chi connectivity index (χ2n) is 6.04. The molecular formula is C21H20N4O2S3. The number of hydrogen-bond donors (Lipinski definition) is 2. The van der Waals surface area contributed by atoms with Crippen molar-refractivity contribution in [2.24, 2.45) is 5.10 Å². The normalized spacial score (nSPS) is 10.9. The number of rotatable bonds is 10. The standard InChI is InChI=1S/C21H20N4O2S3/c1-2-7-16-10-6-11-17(19(16)27)12-22-23-18(26)14-29-21-25-24-20(30-21)28-13-15-8-4-3-5-9-15/h2-6,8-12,27H,1,7,13-14H2,(H,23,26). The number of hydrogen-bond acceptors (Lipinski definition) is 8. The summed E-state index contributed by atoms with van der Waals surface area (Å²) in [6, 6.07) is 15.5. The van der Waals surface area contributed by atoms with Gasteiger partial charge in [0.1, 0.15) is 5.75 Å². The third-order valence-corrected chi connectivity index (χ3v) is 7.09. The van der Waals surface area contributed by atoms with Gasteiger partial charge in [0, 0.05) is 11.3 Å². The minimum Gasteiger partial charge on any atom is -0.507 e. The molecule has 0 fully saturated rings. The molecule has 2 aromatic carbocycles. The lowest BCUT2D eigenvalue weighted by molar-refractivity contribution is -0.118. The first-order chi connectivity index (χ1) is 14.7. The van der Waals surface area contributed by atoms with Gasteiger partial charge in [-0.05, 0) is 23.6 Å². The van der Waals surface area contributed by atoms with E-state index in [4.69, 9.17) is 0 Å². The largest absolute Gasteiger partial charge is 0.507 e. The van der Waals surface area contributed by atoms with Gasteiger partial charge < -0.3 is 5.11 Å². The molecule has 3 rings (SSSR count). The monoisotopic (exact) mass is 456 g/mol. The van der Waals surface area contributed by atoms with Crippen LogP contribution >= 0.6 is 34.9 Å². The van der Waals surface area contributed by atoms with Gasteiger partial charge >= 0.3 is 0 Å². The Labute approximate surface area is 187 Å². The lowest BCUT2D eigenvalue weighted by Crippen LogP contribution is -2.19. The van der Waals surface area contributed by atoms with Crippen LogP contribution < -0.4 is 5.43 Å². The number of nitrogens with zero attached hydrogens (tertiary/aromatic N) is 3. The number of nitrogens with one attached hydrogen (secondary N) is 1. The lowest BCUT2D eigenvalue weighted by Gasteiger charge is -2.04. The first kappa shape index (κ1) is 22.1.